The molecule has 0 N–H and O–H groups in total. The lowest BCUT2D eigenvalue weighted by Crippen LogP contribution is -2.20. The van der Waals surface area contributed by atoms with E-state index < -0.39 is 0 Å². The van der Waals surface area contributed by atoms with Gasteiger partial charge in [-0.05, 0) is 13.3 Å². The first-order valence-corrected chi connectivity index (χ1v) is 4.09. The highest BCUT2D eigenvalue weighted by atomic mass is 16.5. The number of allylic oxidation sites excluding steroid dienone is 2. The second-order valence-electron chi connectivity index (χ2n) is 2.67. The van der Waals surface area contributed by atoms with Crippen LogP contribution in [-0.2, 0) is 4.74 Å². The predicted octanol–water partition coefficient (Wildman–Crippen LogP) is 1.88. The van der Waals surface area contributed by atoms with Gasteiger partial charge in [0.15, 0.2) is 0 Å². The molecule has 0 radical (unpaired) electrons. The summed E-state index contributed by atoms with van der Waals surface area (Å²) in [6, 6.07) is 0. The Morgan fingerprint density at radius 1 is 1.55 bits per heavy atom. The van der Waals surface area contributed by atoms with Gasteiger partial charge in [0.05, 0.1) is 6.61 Å². The van der Waals surface area contributed by atoms with E-state index in [0.717, 1.165) is 19.6 Å². The average molecular weight is 157 g/mol. The molecule has 0 aromatic heterocycles. The van der Waals surface area contributed by atoms with Crippen molar-refractivity contribution in [3.63, 3.8) is 0 Å². The number of rotatable bonds is 5. The Kier molecular flexibility index (Phi) is 5.94. The van der Waals surface area contributed by atoms with E-state index in [9.17, 15) is 0 Å². The van der Waals surface area contributed by atoms with Crippen molar-refractivity contribution in [2.75, 3.05) is 27.3 Å². The summed E-state index contributed by atoms with van der Waals surface area (Å²) in [7, 11) is 3.81. The fraction of sp³-hybridized carbons (Fsp3) is 0.778. The van der Waals surface area contributed by atoms with Gasteiger partial charge in [-0.1, -0.05) is 13.0 Å². The number of ether oxygens (including phenoxy) is 1. The smallest absolute Gasteiger partial charge is 0.0637 e. The zero-order valence-corrected chi connectivity index (χ0v) is 8.05. The molecular weight excluding hydrogens is 138 g/mol. The van der Waals surface area contributed by atoms with Gasteiger partial charge in [-0.3, -0.25) is 0 Å². The van der Waals surface area contributed by atoms with Crippen molar-refractivity contribution >= 4 is 0 Å². The zero-order chi connectivity index (χ0) is 8.69. The highest BCUT2D eigenvalue weighted by Crippen LogP contribution is 2.00. The third-order valence-corrected chi connectivity index (χ3v) is 1.73. The summed E-state index contributed by atoms with van der Waals surface area (Å²) in [4.78, 5) is 2.20. The second-order valence-corrected chi connectivity index (χ2v) is 2.67. The Bertz CT molecular complexity index is 121. The molecule has 0 aromatic rings. The fourth-order valence-electron chi connectivity index (χ4n) is 0.856. The molecule has 0 rings (SSSR count). The van der Waals surface area contributed by atoms with Gasteiger partial charge >= 0.3 is 0 Å². The first kappa shape index (κ1) is 10.5. The first-order valence-electron chi connectivity index (χ1n) is 4.09. The first-order chi connectivity index (χ1) is 5.22. The maximum Gasteiger partial charge on any atom is 0.0637 e. The molecule has 0 unspecified atom stereocenters. The molecule has 2 heteroatoms. The van der Waals surface area contributed by atoms with Crippen LogP contribution in [-0.4, -0.2) is 32.2 Å². The molecule has 0 atom stereocenters. The van der Waals surface area contributed by atoms with Crippen molar-refractivity contribution in [2.24, 2.45) is 0 Å². The highest BCUT2D eigenvalue weighted by molar-refractivity contribution is 4.95. The van der Waals surface area contributed by atoms with Gasteiger partial charge < -0.3 is 9.64 Å². The third kappa shape index (κ3) is 4.85. The van der Waals surface area contributed by atoms with Gasteiger partial charge in [-0.2, -0.15) is 0 Å². The number of hydrogen-bond donors (Lipinski definition) is 0. The topological polar surface area (TPSA) is 12.5 Å². The molecule has 0 bridgehead atoms. The van der Waals surface area contributed by atoms with E-state index in [-0.39, 0.29) is 0 Å². The van der Waals surface area contributed by atoms with Crippen LogP contribution in [0.1, 0.15) is 20.3 Å². The van der Waals surface area contributed by atoms with Crippen LogP contribution < -0.4 is 0 Å². The summed E-state index contributed by atoms with van der Waals surface area (Å²) in [6.07, 6.45) is 3.32. The summed E-state index contributed by atoms with van der Waals surface area (Å²) in [5.74, 6) is 0. The lowest BCUT2D eigenvalue weighted by Gasteiger charge is -2.18. The number of hydrogen-bond acceptors (Lipinski definition) is 2. The molecule has 0 saturated heterocycles. The van der Waals surface area contributed by atoms with Crippen molar-refractivity contribution in [1.29, 1.82) is 0 Å². The molecule has 0 aromatic carbocycles. The Labute approximate surface area is 69.8 Å². The van der Waals surface area contributed by atoms with Crippen LogP contribution in [0.25, 0.3) is 0 Å². The minimum absolute atomic E-state index is 0.797. The zero-order valence-electron chi connectivity index (χ0n) is 8.05. The molecule has 0 aliphatic rings. The molecule has 0 fully saturated rings. The Balaban J connectivity index is 3.63. The molecule has 11 heavy (non-hydrogen) atoms. The van der Waals surface area contributed by atoms with E-state index in [1.54, 1.807) is 7.11 Å². The maximum absolute atomic E-state index is 4.97. The van der Waals surface area contributed by atoms with E-state index >= 15 is 0 Å². The molecule has 66 valence electrons. The Morgan fingerprint density at radius 2 is 2.18 bits per heavy atom. The Hall–Kier alpha value is -0.500. The van der Waals surface area contributed by atoms with E-state index in [0.29, 0.717) is 0 Å². The fourth-order valence-corrected chi connectivity index (χ4v) is 0.856. The SMILES string of the molecule is CC/C=C(\C)N(C)CCOC. The standard InChI is InChI=1S/C9H19NO/c1-5-6-9(2)10(3)7-8-11-4/h6H,5,7-8H2,1-4H3/b9-6+. The molecule has 0 heterocycles. The van der Waals surface area contributed by atoms with Crippen molar-refractivity contribution in [3.05, 3.63) is 11.8 Å². The van der Waals surface area contributed by atoms with Crippen LogP contribution >= 0.6 is 0 Å². The van der Waals surface area contributed by atoms with Crippen LogP contribution in [0.2, 0.25) is 0 Å². The van der Waals surface area contributed by atoms with Crippen molar-refractivity contribution < 1.29 is 4.74 Å². The summed E-state index contributed by atoms with van der Waals surface area (Å²) in [5, 5.41) is 0. The van der Waals surface area contributed by atoms with Crippen LogP contribution in [0.5, 0.6) is 0 Å². The van der Waals surface area contributed by atoms with E-state index in [1.165, 1.54) is 5.70 Å². The third-order valence-electron chi connectivity index (χ3n) is 1.73. The number of likely N-dealkylation sites (N-methyl/N-ethyl adjacent to an activating group) is 1. The van der Waals surface area contributed by atoms with Crippen LogP contribution in [0.4, 0.5) is 0 Å². The quantitative estimate of drug-likeness (QED) is 0.604. The van der Waals surface area contributed by atoms with E-state index in [1.807, 2.05) is 0 Å². The Morgan fingerprint density at radius 3 is 2.64 bits per heavy atom. The van der Waals surface area contributed by atoms with Gasteiger partial charge in [0, 0.05) is 26.4 Å². The molecule has 0 saturated carbocycles. The maximum atomic E-state index is 4.97. The highest BCUT2D eigenvalue weighted by Gasteiger charge is 1.95. The monoisotopic (exact) mass is 157 g/mol. The molecule has 0 spiro atoms. The van der Waals surface area contributed by atoms with Gasteiger partial charge in [0.1, 0.15) is 0 Å². The molecule has 2 nitrogen and oxygen atoms in total. The van der Waals surface area contributed by atoms with Crippen LogP contribution in [0, 0.1) is 0 Å². The van der Waals surface area contributed by atoms with E-state index in [2.05, 4.69) is 31.9 Å². The molecular formula is C9H19NO. The van der Waals surface area contributed by atoms with Crippen molar-refractivity contribution in [3.8, 4) is 0 Å². The average Bonchev–Trinajstić information content (AvgIpc) is 2.00. The number of methoxy groups -OCH3 is 1. The van der Waals surface area contributed by atoms with Gasteiger partial charge in [0.2, 0.25) is 0 Å². The van der Waals surface area contributed by atoms with Crippen molar-refractivity contribution in [1.82, 2.24) is 4.90 Å². The number of nitrogens with zero attached hydrogens (tertiary/aromatic N) is 1. The summed E-state index contributed by atoms with van der Waals surface area (Å²) in [5.41, 5.74) is 1.32. The largest absolute Gasteiger partial charge is 0.383 e. The normalized spacial score (nSPS) is 11.8. The second kappa shape index (κ2) is 6.23. The molecule has 0 aliphatic carbocycles. The summed E-state index contributed by atoms with van der Waals surface area (Å²) in [6.45, 7) is 6.04. The molecule has 0 aliphatic heterocycles. The van der Waals surface area contributed by atoms with Gasteiger partial charge in [-0.25, -0.2) is 0 Å². The van der Waals surface area contributed by atoms with Crippen LogP contribution in [0.15, 0.2) is 11.8 Å². The van der Waals surface area contributed by atoms with E-state index in [4.69, 9.17) is 4.74 Å². The van der Waals surface area contributed by atoms with Crippen molar-refractivity contribution in [2.45, 2.75) is 20.3 Å². The predicted molar refractivity (Wildman–Crippen MR) is 48.6 cm³/mol. The lowest BCUT2D eigenvalue weighted by molar-refractivity contribution is 0.173. The summed E-state index contributed by atoms with van der Waals surface area (Å²) < 4.78 is 4.97. The summed E-state index contributed by atoms with van der Waals surface area (Å²) >= 11 is 0. The van der Waals surface area contributed by atoms with Gasteiger partial charge in [0.25, 0.3) is 0 Å². The molecule has 0 amide bonds. The minimum atomic E-state index is 0.797. The minimum Gasteiger partial charge on any atom is -0.383 e. The lowest BCUT2D eigenvalue weighted by atomic mass is 10.3. The van der Waals surface area contributed by atoms with Crippen LogP contribution in [0.3, 0.4) is 0 Å². The van der Waals surface area contributed by atoms with Gasteiger partial charge in [-0.15, -0.1) is 0 Å².